The van der Waals surface area contributed by atoms with Crippen LogP contribution in [0.5, 0.6) is 0 Å². The van der Waals surface area contributed by atoms with E-state index in [1.807, 2.05) is 0 Å². The Bertz CT molecular complexity index is 619. The van der Waals surface area contributed by atoms with Crippen LogP contribution in [0.15, 0.2) is 18.2 Å². The first-order valence-electron chi connectivity index (χ1n) is 8.48. The van der Waals surface area contributed by atoms with E-state index in [1.54, 1.807) is 11.8 Å². The molecule has 5 nitrogen and oxygen atoms in total. The van der Waals surface area contributed by atoms with Crippen LogP contribution in [0, 0.1) is 0 Å². The van der Waals surface area contributed by atoms with E-state index in [0.717, 1.165) is 11.3 Å². The summed E-state index contributed by atoms with van der Waals surface area (Å²) in [5, 5.41) is 18.6. The van der Waals surface area contributed by atoms with Gasteiger partial charge in [-0.2, -0.15) is 11.8 Å². The largest absolute Gasteiger partial charge is 0.478 e. The molecule has 4 N–H and O–H groups in total. The fourth-order valence-corrected chi connectivity index (χ4v) is 6.39. The number of rotatable bonds is 10. The number of aromatic carboxylic acids is 2. The van der Waals surface area contributed by atoms with Crippen LogP contribution in [0.1, 0.15) is 46.0 Å². The normalized spacial score (nSPS) is 13.0. The van der Waals surface area contributed by atoms with Gasteiger partial charge in [0.2, 0.25) is 0 Å². The first-order chi connectivity index (χ1) is 11.6. The lowest BCUT2D eigenvalue weighted by Gasteiger charge is -2.27. The smallest absolute Gasteiger partial charge is 0.335 e. The SMILES string of the molecule is CC(C)[Si](C)(C)CCSCC(CN)c1cc(C(=O)O)ccc1C(=O)O. The van der Waals surface area contributed by atoms with Crippen LogP contribution in [0.25, 0.3) is 0 Å². The van der Waals surface area contributed by atoms with Crippen molar-refractivity contribution in [3.63, 3.8) is 0 Å². The lowest BCUT2D eigenvalue weighted by molar-refractivity contribution is 0.0680. The van der Waals surface area contributed by atoms with Gasteiger partial charge in [-0.05, 0) is 42.1 Å². The molecule has 0 radical (unpaired) electrons. The second kappa shape index (κ2) is 9.40. The number of thioether (sulfide) groups is 1. The van der Waals surface area contributed by atoms with E-state index in [1.165, 1.54) is 24.2 Å². The van der Waals surface area contributed by atoms with E-state index < -0.39 is 20.0 Å². The summed E-state index contributed by atoms with van der Waals surface area (Å²) in [4.78, 5) is 22.7. The van der Waals surface area contributed by atoms with E-state index in [9.17, 15) is 14.7 Å². The first-order valence-corrected chi connectivity index (χ1v) is 12.9. The maximum atomic E-state index is 11.5. The van der Waals surface area contributed by atoms with Crippen molar-refractivity contribution in [1.82, 2.24) is 0 Å². The number of nitrogens with two attached hydrogens (primary N) is 1. The fraction of sp³-hybridized carbons (Fsp3) is 0.556. The molecule has 1 aromatic rings. The Balaban J connectivity index is 2.87. The fourth-order valence-electron chi connectivity index (χ4n) is 2.36. The molecule has 0 aromatic heterocycles. The van der Waals surface area contributed by atoms with E-state index in [0.29, 0.717) is 17.9 Å². The van der Waals surface area contributed by atoms with Crippen molar-refractivity contribution in [2.24, 2.45) is 5.73 Å². The van der Waals surface area contributed by atoms with Gasteiger partial charge in [-0.3, -0.25) is 0 Å². The van der Waals surface area contributed by atoms with Crippen molar-refractivity contribution in [3.8, 4) is 0 Å². The highest BCUT2D eigenvalue weighted by Gasteiger charge is 2.25. The summed E-state index contributed by atoms with van der Waals surface area (Å²) in [6, 6.07) is 5.35. The van der Waals surface area contributed by atoms with Crippen LogP contribution in [-0.2, 0) is 0 Å². The molecule has 1 rings (SSSR count). The Morgan fingerprint density at radius 3 is 2.32 bits per heavy atom. The minimum Gasteiger partial charge on any atom is -0.478 e. The molecular formula is C18H29NO4SSi. The van der Waals surface area contributed by atoms with Crippen LogP contribution in [0.2, 0.25) is 24.7 Å². The third-order valence-electron chi connectivity index (χ3n) is 5.03. The number of carboxylic acids is 2. The van der Waals surface area contributed by atoms with Crippen molar-refractivity contribution in [2.75, 3.05) is 18.1 Å². The zero-order valence-electron chi connectivity index (χ0n) is 15.4. The molecule has 0 saturated heterocycles. The predicted octanol–water partition coefficient (Wildman–Crippen LogP) is 3.98. The van der Waals surface area contributed by atoms with E-state index in [2.05, 4.69) is 26.9 Å². The molecule has 7 heteroatoms. The highest BCUT2D eigenvalue weighted by molar-refractivity contribution is 7.99. The molecule has 1 aromatic carbocycles. The van der Waals surface area contributed by atoms with Crippen LogP contribution in [0.4, 0.5) is 0 Å². The molecule has 0 saturated carbocycles. The zero-order valence-corrected chi connectivity index (χ0v) is 17.2. The minimum atomic E-state index is -1.22. The molecule has 1 unspecified atom stereocenters. The Hall–Kier alpha value is -1.31. The van der Waals surface area contributed by atoms with Gasteiger partial charge in [-0.15, -0.1) is 0 Å². The second-order valence-corrected chi connectivity index (χ2v) is 14.1. The number of benzene rings is 1. The molecule has 0 aliphatic heterocycles. The topological polar surface area (TPSA) is 101 Å². The third-order valence-corrected chi connectivity index (χ3v) is 11.2. The third kappa shape index (κ3) is 6.16. The number of carboxylic acid groups (broad SMARTS) is 2. The summed E-state index contributed by atoms with van der Waals surface area (Å²) < 4.78 is 0. The van der Waals surface area contributed by atoms with Crippen molar-refractivity contribution < 1.29 is 19.8 Å². The average Bonchev–Trinajstić information content (AvgIpc) is 2.54. The van der Waals surface area contributed by atoms with Crippen LogP contribution < -0.4 is 5.73 Å². The Kier molecular flexibility index (Phi) is 8.17. The van der Waals surface area contributed by atoms with Gasteiger partial charge in [-0.1, -0.05) is 32.5 Å². The molecule has 140 valence electrons. The van der Waals surface area contributed by atoms with Gasteiger partial charge in [0, 0.05) is 11.7 Å². The predicted molar refractivity (Wildman–Crippen MR) is 107 cm³/mol. The molecule has 0 aliphatic rings. The molecule has 0 heterocycles. The van der Waals surface area contributed by atoms with Gasteiger partial charge in [-0.25, -0.2) is 9.59 Å². The van der Waals surface area contributed by atoms with Gasteiger partial charge < -0.3 is 15.9 Å². The number of hydrogen-bond donors (Lipinski definition) is 3. The van der Waals surface area contributed by atoms with Crippen LogP contribution in [0.3, 0.4) is 0 Å². The molecule has 0 aliphatic carbocycles. The number of carbonyl (C=O) groups is 2. The van der Waals surface area contributed by atoms with Crippen molar-refractivity contribution >= 4 is 31.8 Å². The average molecular weight is 384 g/mol. The summed E-state index contributed by atoms with van der Waals surface area (Å²) in [6.45, 7) is 9.61. The zero-order chi connectivity index (χ0) is 19.2. The highest BCUT2D eigenvalue weighted by Crippen LogP contribution is 2.29. The molecule has 0 fully saturated rings. The molecule has 25 heavy (non-hydrogen) atoms. The number of hydrogen-bond acceptors (Lipinski definition) is 4. The molecular weight excluding hydrogens is 354 g/mol. The molecule has 0 amide bonds. The maximum Gasteiger partial charge on any atom is 0.335 e. The summed E-state index contributed by atoms with van der Waals surface area (Å²) in [7, 11) is -1.22. The Morgan fingerprint density at radius 2 is 1.84 bits per heavy atom. The van der Waals surface area contributed by atoms with E-state index in [-0.39, 0.29) is 17.0 Å². The lowest BCUT2D eigenvalue weighted by atomic mass is 9.93. The molecule has 0 spiro atoms. The maximum absolute atomic E-state index is 11.5. The van der Waals surface area contributed by atoms with E-state index in [4.69, 9.17) is 10.8 Å². The van der Waals surface area contributed by atoms with Gasteiger partial charge in [0.15, 0.2) is 0 Å². The van der Waals surface area contributed by atoms with Gasteiger partial charge >= 0.3 is 11.9 Å². The van der Waals surface area contributed by atoms with Gasteiger partial charge in [0.25, 0.3) is 0 Å². The summed E-state index contributed by atoms with van der Waals surface area (Å²) in [6.07, 6.45) is 0. The quantitative estimate of drug-likeness (QED) is 0.417. The van der Waals surface area contributed by atoms with Crippen molar-refractivity contribution in [2.45, 2.75) is 44.4 Å². The highest BCUT2D eigenvalue weighted by atomic mass is 32.2. The van der Waals surface area contributed by atoms with Gasteiger partial charge in [0.1, 0.15) is 0 Å². The first kappa shape index (κ1) is 21.7. The monoisotopic (exact) mass is 383 g/mol. The van der Waals surface area contributed by atoms with Crippen LogP contribution in [-0.4, -0.2) is 48.3 Å². The second-order valence-electron chi connectivity index (χ2n) is 7.31. The van der Waals surface area contributed by atoms with Crippen LogP contribution >= 0.6 is 11.8 Å². The molecule has 0 bridgehead atoms. The molecule has 1 atom stereocenters. The standard InChI is InChI=1S/C18H29NO4SSi/c1-12(2)25(3,4)8-7-24-11-14(10-19)16-9-13(17(20)21)5-6-15(16)18(22)23/h5-6,9,12,14H,7-8,10-11,19H2,1-4H3,(H,20,21)(H,22,23). The van der Waals surface area contributed by atoms with Gasteiger partial charge in [0.05, 0.1) is 19.2 Å². The minimum absolute atomic E-state index is 0.0943. The Labute approximate surface area is 155 Å². The summed E-state index contributed by atoms with van der Waals surface area (Å²) in [5.74, 6) is -0.563. The van der Waals surface area contributed by atoms with Crippen molar-refractivity contribution in [1.29, 1.82) is 0 Å². The van der Waals surface area contributed by atoms with E-state index >= 15 is 0 Å². The summed E-state index contributed by atoms with van der Waals surface area (Å²) >= 11 is 1.77. The van der Waals surface area contributed by atoms with Crippen molar-refractivity contribution in [3.05, 3.63) is 34.9 Å². The summed E-state index contributed by atoms with van der Waals surface area (Å²) in [5.41, 5.74) is 7.35. The lowest BCUT2D eigenvalue weighted by Crippen LogP contribution is -2.30. The Morgan fingerprint density at radius 1 is 1.20 bits per heavy atom.